The molecule has 0 radical (unpaired) electrons. The fourth-order valence-corrected chi connectivity index (χ4v) is 3.35. The average molecular weight is 315 g/mol. The van der Waals surface area contributed by atoms with Crippen LogP contribution in [0.4, 0.5) is 11.5 Å². The number of nitrogen functional groups attached to an aromatic ring is 1. The Hall–Kier alpha value is -1.73. The average Bonchev–Trinajstić information content (AvgIpc) is 2.80. The summed E-state index contributed by atoms with van der Waals surface area (Å²) in [6.07, 6.45) is 2.25. The van der Waals surface area contributed by atoms with E-state index in [1.54, 1.807) is 13.1 Å². The Morgan fingerprint density at radius 3 is 2.80 bits per heavy atom. The molecule has 20 heavy (non-hydrogen) atoms. The van der Waals surface area contributed by atoms with Crippen LogP contribution >= 0.6 is 11.6 Å². The maximum absolute atomic E-state index is 12.4. The second-order valence-electron chi connectivity index (χ2n) is 4.37. The lowest BCUT2D eigenvalue weighted by Gasteiger charge is -2.11. The van der Waals surface area contributed by atoms with Gasteiger partial charge in [0.15, 0.2) is 0 Å². The van der Waals surface area contributed by atoms with Gasteiger partial charge in [0, 0.05) is 5.56 Å². The van der Waals surface area contributed by atoms with Crippen LogP contribution in [0, 0.1) is 6.92 Å². The van der Waals surface area contributed by atoms with Crippen molar-refractivity contribution in [3.8, 4) is 0 Å². The van der Waals surface area contributed by atoms with E-state index in [1.165, 1.54) is 12.1 Å². The lowest BCUT2D eigenvalue weighted by atomic mass is 10.2. The number of hydrogen-bond donors (Lipinski definition) is 3. The molecule has 0 aliphatic rings. The van der Waals surface area contributed by atoms with Gasteiger partial charge in [-0.1, -0.05) is 18.5 Å². The molecule has 6 nitrogen and oxygen atoms in total. The van der Waals surface area contributed by atoms with Crippen molar-refractivity contribution in [2.75, 3.05) is 10.5 Å². The van der Waals surface area contributed by atoms with Crippen molar-refractivity contribution in [2.45, 2.75) is 25.2 Å². The zero-order chi connectivity index (χ0) is 14.9. The monoisotopic (exact) mass is 314 g/mol. The van der Waals surface area contributed by atoms with E-state index in [2.05, 4.69) is 14.9 Å². The van der Waals surface area contributed by atoms with Crippen molar-refractivity contribution in [3.63, 3.8) is 0 Å². The predicted molar refractivity (Wildman–Crippen MR) is 79.4 cm³/mol. The topological polar surface area (TPSA) is 101 Å². The van der Waals surface area contributed by atoms with E-state index in [1.807, 2.05) is 6.92 Å². The number of rotatable bonds is 4. The summed E-state index contributed by atoms with van der Waals surface area (Å²) in [6, 6.07) is 2.88. The molecule has 8 heteroatoms. The third-order valence-corrected chi connectivity index (χ3v) is 4.74. The Morgan fingerprint density at radius 2 is 2.15 bits per heavy atom. The number of nitrogens with one attached hydrogen (secondary N) is 2. The lowest BCUT2D eigenvalue weighted by Crippen LogP contribution is -2.16. The first-order chi connectivity index (χ1) is 9.35. The van der Waals surface area contributed by atoms with Crippen LogP contribution in [0.15, 0.2) is 23.2 Å². The van der Waals surface area contributed by atoms with Gasteiger partial charge < -0.3 is 5.73 Å². The number of hydrogen-bond acceptors (Lipinski definition) is 4. The Labute approximate surface area is 122 Å². The highest BCUT2D eigenvalue weighted by Gasteiger charge is 2.20. The Balaban J connectivity index is 2.43. The number of benzene rings is 1. The van der Waals surface area contributed by atoms with Crippen molar-refractivity contribution in [1.29, 1.82) is 0 Å². The van der Waals surface area contributed by atoms with Crippen LogP contribution in [0.1, 0.15) is 18.1 Å². The van der Waals surface area contributed by atoms with Crippen LogP contribution < -0.4 is 10.5 Å². The molecule has 0 bridgehead atoms. The van der Waals surface area contributed by atoms with Gasteiger partial charge in [-0.3, -0.25) is 9.82 Å². The van der Waals surface area contributed by atoms with E-state index >= 15 is 0 Å². The van der Waals surface area contributed by atoms with Crippen molar-refractivity contribution in [1.82, 2.24) is 10.2 Å². The van der Waals surface area contributed by atoms with Crippen molar-refractivity contribution >= 4 is 33.1 Å². The number of nitrogens with zero attached hydrogens (tertiary/aromatic N) is 1. The minimum absolute atomic E-state index is 0.0936. The zero-order valence-electron chi connectivity index (χ0n) is 11.1. The van der Waals surface area contributed by atoms with E-state index in [0.29, 0.717) is 22.8 Å². The first kappa shape index (κ1) is 14.7. The highest BCUT2D eigenvalue weighted by Crippen LogP contribution is 2.27. The number of halogens is 1. The summed E-state index contributed by atoms with van der Waals surface area (Å²) in [7, 11) is -3.75. The number of aryl methyl sites for hydroxylation is 2. The van der Waals surface area contributed by atoms with E-state index in [-0.39, 0.29) is 10.6 Å². The van der Waals surface area contributed by atoms with E-state index < -0.39 is 10.0 Å². The largest absolute Gasteiger partial charge is 0.397 e. The molecular formula is C12H15ClN4O2S. The number of aromatic nitrogens is 2. The fourth-order valence-electron chi connectivity index (χ4n) is 1.81. The van der Waals surface area contributed by atoms with Crippen molar-refractivity contribution in [2.24, 2.45) is 0 Å². The summed E-state index contributed by atoms with van der Waals surface area (Å²) >= 11 is 5.87. The minimum atomic E-state index is -3.75. The van der Waals surface area contributed by atoms with Gasteiger partial charge >= 0.3 is 0 Å². The number of H-pyrrole nitrogens is 1. The quantitative estimate of drug-likeness (QED) is 0.754. The molecule has 0 atom stereocenters. The van der Waals surface area contributed by atoms with E-state index in [0.717, 1.165) is 5.56 Å². The van der Waals surface area contributed by atoms with Crippen LogP contribution in [0.2, 0.25) is 5.02 Å². The molecule has 1 aromatic carbocycles. The molecule has 0 spiro atoms. The molecule has 2 aromatic rings. The summed E-state index contributed by atoms with van der Waals surface area (Å²) in [5.41, 5.74) is 7.20. The fraction of sp³-hybridized carbons (Fsp3) is 0.250. The summed E-state index contributed by atoms with van der Waals surface area (Å²) in [4.78, 5) is 0.0936. The molecule has 0 aliphatic carbocycles. The van der Waals surface area contributed by atoms with Gasteiger partial charge in [0.2, 0.25) is 0 Å². The SMILES string of the molecule is CCc1cn[nH]c1NS(=O)(=O)c1cc(N)c(Cl)cc1C. The molecular weight excluding hydrogens is 300 g/mol. The number of sulfonamides is 1. The van der Waals surface area contributed by atoms with E-state index in [9.17, 15) is 8.42 Å². The highest BCUT2D eigenvalue weighted by molar-refractivity contribution is 7.92. The van der Waals surface area contributed by atoms with Gasteiger partial charge in [-0.2, -0.15) is 5.10 Å². The van der Waals surface area contributed by atoms with Crippen LogP contribution in [-0.4, -0.2) is 18.6 Å². The van der Waals surface area contributed by atoms with Gasteiger partial charge in [0.1, 0.15) is 5.82 Å². The van der Waals surface area contributed by atoms with Crippen LogP contribution in [0.5, 0.6) is 0 Å². The molecule has 0 saturated carbocycles. The van der Waals surface area contributed by atoms with Crippen molar-refractivity contribution in [3.05, 3.63) is 34.5 Å². The van der Waals surface area contributed by atoms with Gasteiger partial charge in [-0.05, 0) is 31.0 Å². The smallest absolute Gasteiger partial charge is 0.263 e. The van der Waals surface area contributed by atoms with Crippen LogP contribution in [-0.2, 0) is 16.4 Å². The Morgan fingerprint density at radius 1 is 1.45 bits per heavy atom. The normalized spacial score (nSPS) is 11.6. The number of anilines is 2. The molecule has 0 aliphatic heterocycles. The standard InChI is InChI=1S/C12H15ClN4O2S/c1-3-8-6-15-16-12(8)17-20(18,19)11-5-10(14)9(13)4-7(11)2/h4-6H,3,14H2,1-2H3,(H2,15,16,17). The number of aromatic amines is 1. The van der Waals surface area contributed by atoms with Gasteiger partial charge in [0.05, 0.1) is 21.8 Å². The molecule has 0 fully saturated rings. The number of nitrogens with two attached hydrogens (primary N) is 1. The van der Waals surface area contributed by atoms with Crippen LogP contribution in [0.25, 0.3) is 0 Å². The molecule has 2 rings (SSSR count). The third kappa shape index (κ3) is 2.73. The van der Waals surface area contributed by atoms with Crippen LogP contribution in [0.3, 0.4) is 0 Å². The summed E-state index contributed by atoms with van der Waals surface area (Å²) in [5.74, 6) is 0.362. The Bertz CT molecular complexity index is 740. The predicted octanol–water partition coefficient (Wildman–Crippen LogP) is 2.32. The zero-order valence-corrected chi connectivity index (χ0v) is 12.6. The Kier molecular flexibility index (Phi) is 3.92. The van der Waals surface area contributed by atoms with Gasteiger partial charge in [-0.25, -0.2) is 8.42 Å². The molecule has 108 valence electrons. The summed E-state index contributed by atoms with van der Waals surface area (Å²) < 4.78 is 27.3. The second kappa shape index (κ2) is 5.34. The first-order valence-corrected chi connectivity index (χ1v) is 7.82. The van der Waals surface area contributed by atoms with E-state index in [4.69, 9.17) is 17.3 Å². The maximum atomic E-state index is 12.4. The van der Waals surface area contributed by atoms with Gasteiger partial charge in [0.25, 0.3) is 10.0 Å². The molecule has 0 amide bonds. The molecule has 4 N–H and O–H groups in total. The van der Waals surface area contributed by atoms with Crippen molar-refractivity contribution < 1.29 is 8.42 Å². The summed E-state index contributed by atoms with van der Waals surface area (Å²) in [6.45, 7) is 3.57. The lowest BCUT2D eigenvalue weighted by molar-refractivity contribution is 0.600. The first-order valence-electron chi connectivity index (χ1n) is 5.96. The highest BCUT2D eigenvalue weighted by atomic mass is 35.5. The molecule has 0 unspecified atom stereocenters. The molecule has 1 heterocycles. The minimum Gasteiger partial charge on any atom is -0.397 e. The second-order valence-corrected chi connectivity index (χ2v) is 6.43. The molecule has 1 aromatic heterocycles. The maximum Gasteiger partial charge on any atom is 0.263 e. The third-order valence-electron chi connectivity index (χ3n) is 2.92. The summed E-state index contributed by atoms with van der Waals surface area (Å²) in [5, 5.41) is 6.79. The van der Waals surface area contributed by atoms with Gasteiger partial charge in [-0.15, -0.1) is 0 Å². The molecule has 0 saturated heterocycles.